The average Bonchev–Trinajstić information content (AvgIpc) is 2.81. The summed E-state index contributed by atoms with van der Waals surface area (Å²) in [6, 6.07) is 4.21. The minimum atomic E-state index is -0.822. The molecular formula is C15H25NO2S. The molecule has 1 fully saturated rings. The van der Waals surface area contributed by atoms with Crippen molar-refractivity contribution in [2.24, 2.45) is 0 Å². The third kappa shape index (κ3) is 3.37. The second kappa shape index (κ2) is 4.85. The van der Waals surface area contributed by atoms with Crippen molar-refractivity contribution in [2.45, 2.75) is 63.9 Å². The van der Waals surface area contributed by atoms with E-state index < -0.39 is 5.60 Å². The quantitative estimate of drug-likeness (QED) is 0.893. The van der Waals surface area contributed by atoms with E-state index in [0.717, 1.165) is 11.3 Å². The highest BCUT2D eigenvalue weighted by atomic mass is 32.1. The number of ether oxygens (including phenoxy) is 1. The standard InChI is InChI=1S/C15H25NO2S/c1-13(2)9-11(14(3,4)18-13)16-10-15(5,17)12-7-6-8-19-12/h6-8,11,16-17H,9-10H2,1-5H3. The van der Waals surface area contributed by atoms with Crippen LogP contribution < -0.4 is 5.32 Å². The Labute approximate surface area is 120 Å². The first-order valence-corrected chi connectivity index (χ1v) is 7.70. The fourth-order valence-corrected chi connectivity index (χ4v) is 3.66. The maximum atomic E-state index is 10.5. The van der Waals surface area contributed by atoms with Gasteiger partial charge in [0.05, 0.1) is 11.2 Å². The number of hydrogen-bond acceptors (Lipinski definition) is 4. The fourth-order valence-electron chi connectivity index (χ4n) is 2.87. The summed E-state index contributed by atoms with van der Waals surface area (Å²) in [4.78, 5) is 0.996. The Morgan fingerprint density at radius 3 is 2.63 bits per heavy atom. The van der Waals surface area contributed by atoms with Gasteiger partial charge in [0.2, 0.25) is 0 Å². The molecule has 2 unspecified atom stereocenters. The molecule has 1 aromatic heterocycles. The van der Waals surface area contributed by atoms with Crippen LogP contribution in [0.2, 0.25) is 0 Å². The van der Waals surface area contributed by atoms with Gasteiger partial charge < -0.3 is 15.2 Å². The van der Waals surface area contributed by atoms with Gasteiger partial charge in [0.25, 0.3) is 0 Å². The van der Waals surface area contributed by atoms with E-state index in [4.69, 9.17) is 4.74 Å². The van der Waals surface area contributed by atoms with Crippen LogP contribution in [0.1, 0.15) is 45.9 Å². The van der Waals surface area contributed by atoms with Crippen molar-refractivity contribution in [3.8, 4) is 0 Å². The highest BCUT2D eigenvalue weighted by Crippen LogP contribution is 2.37. The molecule has 19 heavy (non-hydrogen) atoms. The molecule has 2 atom stereocenters. The molecule has 2 N–H and O–H groups in total. The number of hydrogen-bond donors (Lipinski definition) is 2. The van der Waals surface area contributed by atoms with Crippen molar-refractivity contribution in [3.63, 3.8) is 0 Å². The fraction of sp³-hybridized carbons (Fsp3) is 0.733. The molecule has 1 saturated heterocycles. The molecule has 1 aromatic rings. The zero-order valence-corrected chi connectivity index (χ0v) is 13.3. The molecule has 108 valence electrons. The van der Waals surface area contributed by atoms with Gasteiger partial charge in [-0.15, -0.1) is 11.3 Å². The predicted octanol–water partition coefficient (Wildman–Crippen LogP) is 2.89. The third-order valence-electron chi connectivity index (χ3n) is 3.82. The molecule has 3 nitrogen and oxygen atoms in total. The lowest BCUT2D eigenvalue weighted by Gasteiger charge is -2.31. The Balaban J connectivity index is 1.99. The summed E-state index contributed by atoms with van der Waals surface area (Å²) in [6.45, 7) is 10.9. The van der Waals surface area contributed by atoms with Gasteiger partial charge in [0.1, 0.15) is 5.60 Å². The second-order valence-corrected chi connectivity index (χ2v) is 7.80. The molecule has 2 heterocycles. The van der Waals surface area contributed by atoms with Crippen LogP contribution in [0.15, 0.2) is 17.5 Å². The molecule has 0 saturated carbocycles. The SMILES string of the molecule is CC1(C)CC(NCC(C)(O)c2cccs2)C(C)(C)O1. The van der Waals surface area contributed by atoms with E-state index in [-0.39, 0.29) is 17.2 Å². The maximum absolute atomic E-state index is 10.5. The van der Waals surface area contributed by atoms with Crippen molar-refractivity contribution in [3.05, 3.63) is 22.4 Å². The molecule has 0 radical (unpaired) electrons. The maximum Gasteiger partial charge on any atom is 0.108 e. The lowest BCUT2D eigenvalue weighted by molar-refractivity contribution is -0.0710. The summed E-state index contributed by atoms with van der Waals surface area (Å²) in [7, 11) is 0. The van der Waals surface area contributed by atoms with Crippen molar-refractivity contribution in [1.82, 2.24) is 5.32 Å². The normalized spacial score (nSPS) is 28.2. The molecule has 1 aliphatic rings. The van der Waals surface area contributed by atoms with Crippen LogP contribution >= 0.6 is 11.3 Å². The Hall–Kier alpha value is -0.420. The first kappa shape index (κ1) is 15.0. The van der Waals surface area contributed by atoms with E-state index in [0.29, 0.717) is 6.54 Å². The van der Waals surface area contributed by atoms with Crippen molar-refractivity contribution in [2.75, 3.05) is 6.54 Å². The number of thiophene rings is 1. The van der Waals surface area contributed by atoms with Crippen molar-refractivity contribution in [1.29, 1.82) is 0 Å². The van der Waals surface area contributed by atoms with Gasteiger partial charge in [0.15, 0.2) is 0 Å². The molecule has 0 amide bonds. The molecule has 2 rings (SSSR count). The third-order valence-corrected chi connectivity index (χ3v) is 4.94. The van der Waals surface area contributed by atoms with Crippen LogP contribution in [0, 0.1) is 0 Å². The van der Waals surface area contributed by atoms with Gasteiger partial charge >= 0.3 is 0 Å². The largest absolute Gasteiger partial charge is 0.383 e. The molecule has 0 aliphatic carbocycles. The summed E-state index contributed by atoms with van der Waals surface area (Å²) >= 11 is 1.59. The van der Waals surface area contributed by atoms with E-state index in [1.54, 1.807) is 11.3 Å². The summed E-state index contributed by atoms with van der Waals surface area (Å²) in [5.74, 6) is 0. The van der Waals surface area contributed by atoms with E-state index >= 15 is 0 Å². The van der Waals surface area contributed by atoms with E-state index in [9.17, 15) is 5.11 Å². The predicted molar refractivity (Wildman–Crippen MR) is 79.5 cm³/mol. The van der Waals surface area contributed by atoms with Crippen molar-refractivity contribution >= 4 is 11.3 Å². The number of aliphatic hydroxyl groups is 1. The van der Waals surface area contributed by atoms with Gasteiger partial charge in [-0.1, -0.05) is 6.07 Å². The monoisotopic (exact) mass is 283 g/mol. The first-order valence-electron chi connectivity index (χ1n) is 6.82. The topological polar surface area (TPSA) is 41.5 Å². The lowest BCUT2D eigenvalue weighted by Crippen LogP contribution is -2.48. The average molecular weight is 283 g/mol. The van der Waals surface area contributed by atoms with Crippen LogP contribution in [0.3, 0.4) is 0 Å². The van der Waals surface area contributed by atoms with Crippen LogP contribution in [0.25, 0.3) is 0 Å². The van der Waals surface area contributed by atoms with Crippen LogP contribution in [0.5, 0.6) is 0 Å². The molecular weight excluding hydrogens is 258 g/mol. The highest BCUT2D eigenvalue weighted by molar-refractivity contribution is 7.10. The van der Waals surface area contributed by atoms with E-state index in [1.165, 1.54) is 0 Å². The summed E-state index contributed by atoms with van der Waals surface area (Å²) in [6.07, 6.45) is 0.959. The highest BCUT2D eigenvalue weighted by Gasteiger charge is 2.46. The van der Waals surface area contributed by atoms with Gasteiger partial charge in [-0.3, -0.25) is 0 Å². The molecule has 0 bridgehead atoms. The number of nitrogens with one attached hydrogen (secondary N) is 1. The van der Waals surface area contributed by atoms with E-state index in [2.05, 4.69) is 33.0 Å². The lowest BCUT2D eigenvalue weighted by atomic mass is 9.93. The molecule has 0 spiro atoms. The van der Waals surface area contributed by atoms with Gasteiger partial charge in [-0.05, 0) is 52.5 Å². The van der Waals surface area contributed by atoms with Gasteiger partial charge in [-0.2, -0.15) is 0 Å². The summed E-state index contributed by atoms with van der Waals surface area (Å²) < 4.78 is 6.06. The Morgan fingerprint density at radius 1 is 1.47 bits per heavy atom. The summed E-state index contributed by atoms with van der Waals surface area (Å²) in [5.41, 5.74) is -1.12. The van der Waals surface area contributed by atoms with Crippen molar-refractivity contribution < 1.29 is 9.84 Å². The molecule has 4 heteroatoms. The van der Waals surface area contributed by atoms with E-state index in [1.807, 2.05) is 24.4 Å². The minimum absolute atomic E-state index is 0.101. The zero-order valence-electron chi connectivity index (χ0n) is 12.5. The Bertz CT molecular complexity index is 423. The van der Waals surface area contributed by atoms with Gasteiger partial charge in [0, 0.05) is 17.5 Å². The zero-order chi connectivity index (χ0) is 14.3. The van der Waals surface area contributed by atoms with Gasteiger partial charge in [-0.25, -0.2) is 0 Å². The Morgan fingerprint density at radius 2 is 2.16 bits per heavy atom. The Kier molecular flexibility index (Phi) is 3.82. The minimum Gasteiger partial charge on any atom is -0.383 e. The first-order chi connectivity index (χ1) is 8.62. The smallest absolute Gasteiger partial charge is 0.108 e. The van der Waals surface area contributed by atoms with Crippen LogP contribution in [0.4, 0.5) is 0 Å². The van der Waals surface area contributed by atoms with Crippen LogP contribution in [-0.4, -0.2) is 28.9 Å². The second-order valence-electron chi connectivity index (χ2n) is 6.85. The molecule has 0 aromatic carbocycles. The van der Waals surface area contributed by atoms with Crippen LogP contribution in [-0.2, 0) is 10.3 Å². The summed E-state index contributed by atoms with van der Waals surface area (Å²) in [5, 5.41) is 16.0. The number of rotatable bonds is 4. The molecule has 1 aliphatic heterocycles.